The van der Waals surface area contributed by atoms with Crippen LogP contribution in [0.5, 0.6) is 0 Å². The van der Waals surface area contributed by atoms with Gasteiger partial charge in [-0.05, 0) is 55.9 Å². The highest BCUT2D eigenvalue weighted by Crippen LogP contribution is 2.23. The van der Waals surface area contributed by atoms with Gasteiger partial charge in [0.25, 0.3) is 0 Å². The average Bonchev–Trinajstić information content (AvgIpc) is 3.37. The van der Waals surface area contributed by atoms with E-state index in [1.165, 1.54) is 4.88 Å². The van der Waals surface area contributed by atoms with E-state index in [9.17, 15) is 9.59 Å². The minimum absolute atomic E-state index is 0.134. The Labute approximate surface area is 160 Å². The van der Waals surface area contributed by atoms with E-state index < -0.39 is 0 Å². The number of thiophene rings is 1. The van der Waals surface area contributed by atoms with Gasteiger partial charge in [-0.3, -0.25) is 9.59 Å². The highest BCUT2D eigenvalue weighted by molar-refractivity contribution is 7.09. The van der Waals surface area contributed by atoms with Crippen molar-refractivity contribution in [3.05, 3.63) is 22.4 Å². The van der Waals surface area contributed by atoms with Crippen molar-refractivity contribution in [2.45, 2.75) is 57.5 Å². The number of carbonyl (C=O) groups is 2. The minimum Gasteiger partial charge on any atom is -0.376 e. The summed E-state index contributed by atoms with van der Waals surface area (Å²) in [5.41, 5.74) is 0. The molecule has 0 bridgehead atoms. The van der Waals surface area contributed by atoms with Crippen molar-refractivity contribution in [2.24, 2.45) is 5.92 Å². The first kappa shape index (κ1) is 19.4. The standard InChI is InChI=1S/C20H30N2O3S/c23-19(21-15-17-3-1-13-25-17)7-5-16-9-11-22(12-10-16)20(24)8-6-18-4-2-14-26-18/h2,4,14,16-17H,1,3,5-13,15H2,(H,21,23). The van der Waals surface area contributed by atoms with E-state index in [-0.39, 0.29) is 17.9 Å². The second-order valence-corrected chi connectivity index (χ2v) is 8.41. The van der Waals surface area contributed by atoms with E-state index in [0.717, 1.165) is 58.2 Å². The molecule has 1 N–H and O–H groups in total. The SMILES string of the molecule is O=C(CCC1CCN(C(=O)CCc2cccs2)CC1)NCC1CCCO1. The van der Waals surface area contributed by atoms with Crippen LogP contribution in [0.2, 0.25) is 0 Å². The third-order valence-corrected chi connectivity index (χ3v) is 6.40. The molecule has 2 amide bonds. The molecule has 0 aromatic carbocycles. The predicted molar refractivity (Wildman–Crippen MR) is 103 cm³/mol. The lowest BCUT2D eigenvalue weighted by atomic mass is 9.92. The summed E-state index contributed by atoms with van der Waals surface area (Å²) in [7, 11) is 0. The van der Waals surface area contributed by atoms with Crippen LogP contribution in [0, 0.1) is 5.92 Å². The van der Waals surface area contributed by atoms with Gasteiger partial charge in [0.05, 0.1) is 6.10 Å². The molecule has 3 rings (SSSR count). The number of amides is 2. The lowest BCUT2D eigenvalue weighted by molar-refractivity contribution is -0.132. The first-order chi connectivity index (χ1) is 12.7. The number of hydrogen-bond acceptors (Lipinski definition) is 4. The van der Waals surface area contributed by atoms with Crippen molar-refractivity contribution >= 4 is 23.2 Å². The van der Waals surface area contributed by atoms with Gasteiger partial charge >= 0.3 is 0 Å². The Hall–Kier alpha value is -1.40. The van der Waals surface area contributed by atoms with Crippen molar-refractivity contribution in [2.75, 3.05) is 26.2 Å². The van der Waals surface area contributed by atoms with Crippen LogP contribution in [-0.2, 0) is 20.7 Å². The van der Waals surface area contributed by atoms with Gasteiger partial charge in [0.2, 0.25) is 11.8 Å². The molecule has 2 aliphatic heterocycles. The number of piperidine rings is 1. The Morgan fingerprint density at radius 3 is 2.77 bits per heavy atom. The first-order valence-corrected chi connectivity index (χ1v) is 10.8. The Balaban J connectivity index is 1.27. The molecule has 1 aromatic heterocycles. The highest BCUT2D eigenvalue weighted by Gasteiger charge is 2.23. The van der Waals surface area contributed by atoms with Gasteiger partial charge < -0.3 is 15.0 Å². The summed E-state index contributed by atoms with van der Waals surface area (Å²) in [6.07, 6.45) is 7.37. The Morgan fingerprint density at radius 1 is 1.23 bits per heavy atom. The number of aryl methyl sites for hydroxylation is 1. The van der Waals surface area contributed by atoms with Gasteiger partial charge in [0.1, 0.15) is 0 Å². The molecule has 5 nitrogen and oxygen atoms in total. The van der Waals surface area contributed by atoms with Gasteiger partial charge in [-0.1, -0.05) is 6.07 Å². The van der Waals surface area contributed by atoms with Crippen molar-refractivity contribution < 1.29 is 14.3 Å². The van der Waals surface area contributed by atoms with Crippen molar-refractivity contribution in [1.82, 2.24) is 10.2 Å². The van der Waals surface area contributed by atoms with Crippen molar-refractivity contribution in [3.63, 3.8) is 0 Å². The lowest BCUT2D eigenvalue weighted by Crippen LogP contribution is -2.39. The Morgan fingerprint density at radius 2 is 2.08 bits per heavy atom. The summed E-state index contributed by atoms with van der Waals surface area (Å²) in [6.45, 7) is 3.15. The van der Waals surface area contributed by atoms with Crippen LogP contribution < -0.4 is 5.32 Å². The van der Waals surface area contributed by atoms with Gasteiger partial charge in [0.15, 0.2) is 0 Å². The molecule has 1 atom stereocenters. The third kappa shape index (κ3) is 6.09. The molecule has 2 fully saturated rings. The van der Waals surface area contributed by atoms with Crippen LogP contribution in [0.4, 0.5) is 0 Å². The molecule has 144 valence electrons. The number of rotatable bonds is 8. The van der Waals surface area contributed by atoms with E-state index in [4.69, 9.17) is 4.74 Å². The van der Waals surface area contributed by atoms with Gasteiger partial charge in [0, 0.05) is 44.0 Å². The van der Waals surface area contributed by atoms with Gasteiger partial charge in [-0.2, -0.15) is 0 Å². The molecule has 0 aliphatic carbocycles. The fourth-order valence-corrected chi connectivity index (χ4v) is 4.48. The van der Waals surface area contributed by atoms with Crippen LogP contribution in [0.15, 0.2) is 17.5 Å². The quantitative estimate of drug-likeness (QED) is 0.756. The number of likely N-dealkylation sites (tertiary alicyclic amines) is 1. The first-order valence-electron chi connectivity index (χ1n) is 9.89. The number of nitrogens with zero attached hydrogens (tertiary/aromatic N) is 1. The lowest BCUT2D eigenvalue weighted by Gasteiger charge is -2.32. The van der Waals surface area contributed by atoms with E-state index in [0.29, 0.717) is 25.3 Å². The second-order valence-electron chi connectivity index (χ2n) is 7.38. The molecule has 1 unspecified atom stereocenters. The van der Waals surface area contributed by atoms with Crippen LogP contribution in [0.1, 0.15) is 49.8 Å². The Bertz CT molecular complexity index is 562. The number of ether oxygens (including phenoxy) is 1. The zero-order valence-corrected chi connectivity index (χ0v) is 16.3. The maximum atomic E-state index is 12.3. The molecule has 6 heteroatoms. The largest absolute Gasteiger partial charge is 0.376 e. The molecule has 0 spiro atoms. The van der Waals surface area contributed by atoms with Crippen LogP contribution >= 0.6 is 11.3 Å². The third-order valence-electron chi connectivity index (χ3n) is 5.46. The van der Waals surface area contributed by atoms with Crippen molar-refractivity contribution in [1.29, 1.82) is 0 Å². The summed E-state index contributed by atoms with van der Waals surface area (Å²) in [6, 6.07) is 4.13. The van der Waals surface area contributed by atoms with Crippen LogP contribution in [-0.4, -0.2) is 49.1 Å². The topological polar surface area (TPSA) is 58.6 Å². The molecule has 2 aliphatic rings. The molecular formula is C20H30N2O3S. The average molecular weight is 379 g/mol. The normalized spacial score (nSPS) is 21.1. The maximum absolute atomic E-state index is 12.3. The van der Waals surface area contributed by atoms with Crippen LogP contribution in [0.3, 0.4) is 0 Å². The summed E-state index contributed by atoms with van der Waals surface area (Å²) >= 11 is 1.72. The van der Waals surface area contributed by atoms with E-state index in [2.05, 4.69) is 16.8 Å². The van der Waals surface area contributed by atoms with Gasteiger partial charge in [-0.15, -0.1) is 11.3 Å². The number of nitrogens with one attached hydrogen (secondary N) is 1. The van der Waals surface area contributed by atoms with Gasteiger partial charge in [-0.25, -0.2) is 0 Å². The number of hydrogen-bond donors (Lipinski definition) is 1. The van der Waals surface area contributed by atoms with Crippen molar-refractivity contribution in [3.8, 4) is 0 Å². The fraction of sp³-hybridized carbons (Fsp3) is 0.700. The molecule has 26 heavy (non-hydrogen) atoms. The summed E-state index contributed by atoms with van der Waals surface area (Å²) in [4.78, 5) is 27.6. The number of carbonyl (C=O) groups excluding carboxylic acids is 2. The predicted octanol–water partition coefficient (Wildman–Crippen LogP) is 2.99. The van der Waals surface area contributed by atoms with E-state index in [1.54, 1.807) is 11.3 Å². The highest BCUT2D eigenvalue weighted by atomic mass is 32.1. The zero-order valence-electron chi connectivity index (χ0n) is 15.5. The second kappa shape index (κ2) is 10.1. The molecule has 2 saturated heterocycles. The van der Waals surface area contributed by atoms with E-state index >= 15 is 0 Å². The minimum atomic E-state index is 0.134. The summed E-state index contributed by atoms with van der Waals surface area (Å²) in [5.74, 6) is 0.964. The molecule has 3 heterocycles. The molecule has 1 aromatic rings. The zero-order chi connectivity index (χ0) is 18.2. The van der Waals surface area contributed by atoms with Crippen LogP contribution in [0.25, 0.3) is 0 Å². The maximum Gasteiger partial charge on any atom is 0.222 e. The molecule has 0 saturated carbocycles. The monoisotopic (exact) mass is 378 g/mol. The molecule has 0 radical (unpaired) electrons. The Kier molecular flexibility index (Phi) is 7.50. The fourth-order valence-electron chi connectivity index (χ4n) is 3.77. The summed E-state index contributed by atoms with van der Waals surface area (Å²) < 4.78 is 5.52. The molecular weight excluding hydrogens is 348 g/mol. The summed E-state index contributed by atoms with van der Waals surface area (Å²) in [5, 5.41) is 5.05. The smallest absolute Gasteiger partial charge is 0.222 e. The van der Waals surface area contributed by atoms with E-state index in [1.807, 2.05) is 11.0 Å².